The standard InChI is InChI=1S/C23H18F3N5O2/c1-30-12-18(22(30)33)21(32)29-20-10-27-19-7-2-13(8-17(19)20)14-9-28-31(11-14)16-5-3-15(4-6-16)23(24,25)26/h2-11,18,27H,12H2,1H3,(H,29,32). The number of carbonyl (C=O) groups excluding carboxylic acids is 2. The number of aromatic nitrogens is 3. The number of rotatable bonds is 4. The first-order valence-corrected chi connectivity index (χ1v) is 10.1. The quantitative estimate of drug-likeness (QED) is 0.361. The van der Waals surface area contributed by atoms with Gasteiger partial charge >= 0.3 is 6.18 Å². The van der Waals surface area contributed by atoms with Gasteiger partial charge in [0.25, 0.3) is 0 Å². The summed E-state index contributed by atoms with van der Waals surface area (Å²) >= 11 is 0. The summed E-state index contributed by atoms with van der Waals surface area (Å²) in [6.07, 6.45) is 0.615. The van der Waals surface area contributed by atoms with Gasteiger partial charge in [-0.1, -0.05) is 6.07 Å². The van der Waals surface area contributed by atoms with Crippen LogP contribution in [0.15, 0.2) is 61.1 Å². The molecule has 1 atom stereocenters. The first-order valence-electron chi connectivity index (χ1n) is 10.1. The molecule has 1 saturated heterocycles. The highest BCUT2D eigenvalue weighted by Crippen LogP contribution is 2.31. The van der Waals surface area contributed by atoms with E-state index in [0.717, 1.165) is 34.2 Å². The minimum absolute atomic E-state index is 0.205. The van der Waals surface area contributed by atoms with Crippen molar-refractivity contribution in [3.63, 3.8) is 0 Å². The first kappa shape index (κ1) is 20.8. The van der Waals surface area contributed by atoms with Crippen LogP contribution in [-0.4, -0.2) is 45.1 Å². The van der Waals surface area contributed by atoms with E-state index in [4.69, 9.17) is 0 Å². The van der Waals surface area contributed by atoms with Gasteiger partial charge in [0.1, 0.15) is 5.92 Å². The van der Waals surface area contributed by atoms with Gasteiger partial charge in [-0.15, -0.1) is 0 Å². The fraction of sp³-hybridized carbons (Fsp3) is 0.174. The van der Waals surface area contributed by atoms with Crippen molar-refractivity contribution in [1.29, 1.82) is 0 Å². The van der Waals surface area contributed by atoms with Crippen LogP contribution in [0.25, 0.3) is 27.7 Å². The molecule has 4 aromatic rings. The van der Waals surface area contributed by atoms with Crippen LogP contribution in [0, 0.1) is 5.92 Å². The number of aromatic amines is 1. The maximum Gasteiger partial charge on any atom is 0.416 e. The third-order valence-corrected chi connectivity index (χ3v) is 5.76. The molecule has 2 amide bonds. The molecule has 33 heavy (non-hydrogen) atoms. The minimum atomic E-state index is -4.39. The predicted octanol–water partition coefficient (Wildman–Crippen LogP) is 4.07. The van der Waals surface area contributed by atoms with Crippen LogP contribution < -0.4 is 5.32 Å². The summed E-state index contributed by atoms with van der Waals surface area (Å²) in [5.41, 5.74) is 2.72. The molecule has 1 aliphatic heterocycles. The monoisotopic (exact) mass is 453 g/mol. The van der Waals surface area contributed by atoms with Gasteiger partial charge in [-0.05, 0) is 42.0 Å². The number of nitrogens with one attached hydrogen (secondary N) is 2. The lowest BCUT2D eigenvalue weighted by Gasteiger charge is -2.33. The zero-order valence-corrected chi connectivity index (χ0v) is 17.3. The molecule has 1 fully saturated rings. The van der Waals surface area contributed by atoms with Crippen LogP contribution in [-0.2, 0) is 15.8 Å². The predicted molar refractivity (Wildman–Crippen MR) is 116 cm³/mol. The molecule has 2 aromatic carbocycles. The van der Waals surface area contributed by atoms with Crippen LogP contribution in [0.1, 0.15) is 5.56 Å². The molecule has 0 saturated carbocycles. The van der Waals surface area contributed by atoms with E-state index in [9.17, 15) is 22.8 Å². The summed E-state index contributed by atoms with van der Waals surface area (Å²) < 4.78 is 39.9. The average molecular weight is 453 g/mol. The van der Waals surface area contributed by atoms with Gasteiger partial charge in [0.2, 0.25) is 11.8 Å². The zero-order valence-electron chi connectivity index (χ0n) is 17.3. The van der Waals surface area contributed by atoms with Gasteiger partial charge in [-0.3, -0.25) is 9.59 Å². The molecule has 2 N–H and O–H groups in total. The van der Waals surface area contributed by atoms with Crippen molar-refractivity contribution in [2.45, 2.75) is 6.18 Å². The molecule has 0 aliphatic carbocycles. The van der Waals surface area contributed by atoms with Crippen LogP contribution in [0.3, 0.4) is 0 Å². The molecular weight excluding hydrogens is 435 g/mol. The Morgan fingerprint density at radius 2 is 1.91 bits per heavy atom. The van der Waals surface area contributed by atoms with E-state index in [0.29, 0.717) is 17.9 Å². The third-order valence-electron chi connectivity index (χ3n) is 5.76. The Balaban J connectivity index is 1.39. The van der Waals surface area contributed by atoms with E-state index in [1.54, 1.807) is 25.6 Å². The largest absolute Gasteiger partial charge is 0.416 e. The molecule has 0 spiro atoms. The second-order valence-electron chi connectivity index (χ2n) is 7.94. The van der Waals surface area contributed by atoms with Crippen molar-refractivity contribution in [2.24, 2.45) is 5.92 Å². The Labute approximate surface area is 185 Å². The molecular formula is C23H18F3N5O2. The zero-order chi connectivity index (χ0) is 23.3. The molecule has 10 heteroatoms. The number of amides is 2. The van der Waals surface area contributed by atoms with Crippen LogP contribution >= 0.6 is 0 Å². The third kappa shape index (κ3) is 3.73. The Kier molecular flexibility index (Phi) is 4.73. The highest BCUT2D eigenvalue weighted by molar-refractivity contribution is 6.12. The number of carbonyl (C=O) groups is 2. The molecule has 2 aromatic heterocycles. The highest BCUT2D eigenvalue weighted by atomic mass is 19.4. The van der Waals surface area contributed by atoms with E-state index in [2.05, 4.69) is 15.4 Å². The Bertz CT molecular complexity index is 1370. The second-order valence-corrected chi connectivity index (χ2v) is 7.94. The maximum absolute atomic E-state index is 12.8. The van der Waals surface area contributed by atoms with Crippen molar-refractivity contribution in [3.05, 3.63) is 66.6 Å². The van der Waals surface area contributed by atoms with E-state index in [1.165, 1.54) is 21.7 Å². The SMILES string of the molecule is CN1CC(C(=O)Nc2c[nH]c3ccc(-c4cnn(-c5ccc(C(F)(F)F)cc5)c4)cc23)C1=O. The lowest BCUT2D eigenvalue weighted by atomic mass is 9.98. The van der Waals surface area contributed by atoms with Crippen molar-refractivity contribution in [2.75, 3.05) is 18.9 Å². The lowest BCUT2D eigenvalue weighted by molar-refractivity contribution is -0.150. The van der Waals surface area contributed by atoms with Crippen molar-refractivity contribution >= 4 is 28.4 Å². The molecule has 168 valence electrons. The fourth-order valence-electron chi connectivity index (χ4n) is 3.83. The van der Waals surface area contributed by atoms with Crippen LogP contribution in [0.4, 0.5) is 18.9 Å². The summed E-state index contributed by atoms with van der Waals surface area (Å²) in [4.78, 5) is 28.8. The summed E-state index contributed by atoms with van der Waals surface area (Å²) in [5, 5.41) is 7.85. The number of hydrogen-bond donors (Lipinski definition) is 2. The van der Waals surface area contributed by atoms with E-state index in [-0.39, 0.29) is 11.8 Å². The maximum atomic E-state index is 12.8. The van der Waals surface area contributed by atoms with E-state index < -0.39 is 17.7 Å². The molecule has 0 bridgehead atoms. The van der Waals surface area contributed by atoms with Crippen molar-refractivity contribution in [3.8, 4) is 16.8 Å². The van der Waals surface area contributed by atoms with Crippen molar-refractivity contribution in [1.82, 2.24) is 19.7 Å². The number of hydrogen-bond acceptors (Lipinski definition) is 3. The number of anilines is 1. The van der Waals surface area contributed by atoms with Gasteiger partial charge in [-0.25, -0.2) is 4.68 Å². The molecule has 3 heterocycles. The summed E-state index contributed by atoms with van der Waals surface area (Å²) in [5.74, 6) is -1.23. The number of β-lactam (4-membered cyclic amide) rings is 1. The number of likely N-dealkylation sites (tertiary alicyclic amines) is 1. The fourth-order valence-corrected chi connectivity index (χ4v) is 3.83. The number of halogens is 3. The Morgan fingerprint density at radius 3 is 2.58 bits per heavy atom. The normalized spacial score (nSPS) is 16.2. The summed E-state index contributed by atoms with van der Waals surface area (Å²) in [6, 6.07) is 10.4. The average Bonchev–Trinajstić information content (AvgIpc) is 3.44. The number of H-pyrrole nitrogens is 1. The Hall–Kier alpha value is -4.08. The smallest absolute Gasteiger partial charge is 0.359 e. The van der Waals surface area contributed by atoms with Gasteiger partial charge in [-0.2, -0.15) is 18.3 Å². The summed E-state index contributed by atoms with van der Waals surface area (Å²) in [7, 11) is 1.65. The molecule has 0 radical (unpaired) electrons. The number of benzene rings is 2. The van der Waals surface area contributed by atoms with Gasteiger partial charge < -0.3 is 15.2 Å². The molecule has 7 nitrogen and oxygen atoms in total. The summed E-state index contributed by atoms with van der Waals surface area (Å²) in [6.45, 7) is 0.390. The molecule has 1 unspecified atom stereocenters. The van der Waals surface area contributed by atoms with Gasteiger partial charge in [0, 0.05) is 42.5 Å². The van der Waals surface area contributed by atoms with Gasteiger partial charge in [0.05, 0.1) is 23.1 Å². The second kappa shape index (κ2) is 7.51. The van der Waals surface area contributed by atoms with Crippen LogP contribution in [0.2, 0.25) is 0 Å². The lowest BCUT2D eigenvalue weighted by Crippen LogP contribution is -2.54. The first-order chi connectivity index (χ1) is 15.7. The highest BCUT2D eigenvalue weighted by Gasteiger charge is 2.39. The van der Waals surface area contributed by atoms with Crippen molar-refractivity contribution < 1.29 is 22.8 Å². The Morgan fingerprint density at radius 1 is 1.15 bits per heavy atom. The topological polar surface area (TPSA) is 83.0 Å². The molecule has 5 rings (SSSR count). The van der Waals surface area contributed by atoms with E-state index >= 15 is 0 Å². The number of alkyl halides is 3. The van der Waals surface area contributed by atoms with Crippen LogP contribution in [0.5, 0.6) is 0 Å². The molecule has 1 aliphatic rings. The number of fused-ring (bicyclic) bond motifs is 1. The van der Waals surface area contributed by atoms with Gasteiger partial charge in [0.15, 0.2) is 0 Å². The van der Waals surface area contributed by atoms with E-state index in [1.807, 2.05) is 18.2 Å². The minimum Gasteiger partial charge on any atom is -0.359 e. The number of nitrogens with zero attached hydrogens (tertiary/aromatic N) is 3.